The second kappa shape index (κ2) is 2.64. The Labute approximate surface area is 47.2 Å². The Morgan fingerprint density at radius 2 is 2.75 bits per heavy atom. The molecule has 4 heteroatoms. The van der Waals surface area contributed by atoms with Gasteiger partial charge in [0, 0.05) is 0 Å². The van der Waals surface area contributed by atoms with Crippen molar-refractivity contribution in [2.45, 2.75) is 6.17 Å². The predicted molar refractivity (Wildman–Crippen MR) is 26.9 cm³/mol. The summed E-state index contributed by atoms with van der Waals surface area (Å²) in [6.45, 7) is 1.10. The van der Waals surface area contributed by atoms with Crippen molar-refractivity contribution in [3.8, 4) is 0 Å². The summed E-state index contributed by atoms with van der Waals surface area (Å²) < 4.78 is 4.88. The average molecular weight is 116 g/mol. The van der Waals surface area contributed by atoms with Crippen LogP contribution in [0, 0.1) is 0 Å². The van der Waals surface area contributed by atoms with Crippen LogP contribution in [0.15, 0.2) is 0 Å². The van der Waals surface area contributed by atoms with Crippen LogP contribution in [-0.4, -0.2) is 25.9 Å². The molecule has 1 aliphatic rings. The Kier molecular flexibility index (Phi) is 1.82. The Balaban J connectivity index is 2.14. The first-order valence-corrected chi connectivity index (χ1v) is 2.44. The highest BCUT2D eigenvalue weighted by Crippen LogP contribution is 1.86. The maximum atomic E-state index is 9.75. The lowest BCUT2D eigenvalue weighted by molar-refractivity contribution is -0.110. The van der Waals surface area contributed by atoms with E-state index in [1.807, 2.05) is 0 Å². The molecule has 46 valence electrons. The summed E-state index contributed by atoms with van der Waals surface area (Å²) in [4.78, 5) is 9.75. The third kappa shape index (κ3) is 1.18. The fraction of sp³-hybridized carbons (Fsp3) is 0.750. The fourth-order valence-electron chi connectivity index (χ4n) is 0.584. The van der Waals surface area contributed by atoms with Gasteiger partial charge in [0.2, 0.25) is 6.41 Å². The first-order valence-electron chi connectivity index (χ1n) is 2.44. The van der Waals surface area contributed by atoms with Gasteiger partial charge in [-0.15, -0.1) is 0 Å². The molecule has 1 fully saturated rings. The van der Waals surface area contributed by atoms with Gasteiger partial charge in [-0.1, -0.05) is 0 Å². The van der Waals surface area contributed by atoms with Crippen molar-refractivity contribution < 1.29 is 9.53 Å². The molecule has 4 nitrogen and oxygen atoms in total. The molecule has 0 radical (unpaired) electrons. The number of ether oxygens (including phenoxy) is 1. The van der Waals surface area contributed by atoms with E-state index in [0.29, 0.717) is 19.7 Å². The topological polar surface area (TPSA) is 50.4 Å². The molecule has 1 saturated heterocycles. The van der Waals surface area contributed by atoms with E-state index in [4.69, 9.17) is 4.74 Å². The largest absolute Gasteiger partial charge is 0.363 e. The SMILES string of the molecule is O=CNC1COCN1. The standard InChI is InChI=1S/C4H8N2O2/c7-2-5-4-1-8-3-6-4/h2,4,6H,1,3H2,(H,5,7). The van der Waals surface area contributed by atoms with E-state index in [1.54, 1.807) is 0 Å². The van der Waals surface area contributed by atoms with Gasteiger partial charge in [-0.2, -0.15) is 0 Å². The highest BCUT2D eigenvalue weighted by atomic mass is 16.5. The number of nitrogens with one attached hydrogen (secondary N) is 2. The highest BCUT2D eigenvalue weighted by Gasteiger charge is 2.11. The third-order valence-electron chi connectivity index (χ3n) is 0.986. The normalized spacial score (nSPS) is 27.8. The van der Waals surface area contributed by atoms with Crippen LogP contribution in [-0.2, 0) is 9.53 Å². The van der Waals surface area contributed by atoms with Crippen molar-refractivity contribution in [2.24, 2.45) is 0 Å². The van der Waals surface area contributed by atoms with Crippen molar-refractivity contribution in [1.82, 2.24) is 10.6 Å². The number of hydrogen-bond donors (Lipinski definition) is 2. The molecule has 1 heterocycles. The zero-order chi connectivity index (χ0) is 5.82. The number of carbonyl (C=O) groups excluding carboxylic acids is 1. The van der Waals surface area contributed by atoms with Crippen LogP contribution in [0.4, 0.5) is 0 Å². The number of rotatable bonds is 2. The summed E-state index contributed by atoms with van der Waals surface area (Å²) >= 11 is 0. The predicted octanol–water partition coefficient (Wildman–Crippen LogP) is -1.36. The molecule has 1 rings (SSSR count). The smallest absolute Gasteiger partial charge is 0.208 e. The number of carbonyl (C=O) groups is 1. The summed E-state index contributed by atoms with van der Waals surface area (Å²) in [6, 6.07) is 0. The van der Waals surface area contributed by atoms with Crippen molar-refractivity contribution in [2.75, 3.05) is 13.3 Å². The molecular weight excluding hydrogens is 108 g/mol. The zero-order valence-electron chi connectivity index (χ0n) is 4.39. The van der Waals surface area contributed by atoms with Crippen LogP contribution in [0.3, 0.4) is 0 Å². The molecule has 1 amide bonds. The van der Waals surface area contributed by atoms with Gasteiger partial charge in [0.05, 0.1) is 13.3 Å². The summed E-state index contributed by atoms with van der Waals surface area (Å²) in [5.74, 6) is 0. The minimum atomic E-state index is 0.0208. The van der Waals surface area contributed by atoms with E-state index in [-0.39, 0.29) is 6.17 Å². The third-order valence-corrected chi connectivity index (χ3v) is 0.986. The molecule has 0 aromatic carbocycles. The zero-order valence-corrected chi connectivity index (χ0v) is 4.39. The molecule has 1 aliphatic heterocycles. The molecular formula is C4H8N2O2. The molecule has 0 aromatic heterocycles. The number of amides is 1. The molecule has 8 heavy (non-hydrogen) atoms. The lowest BCUT2D eigenvalue weighted by Crippen LogP contribution is -2.38. The van der Waals surface area contributed by atoms with Crippen LogP contribution in [0.5, 0.6) is 0 Å². The Bertz CT molecular complexity index is 80.1. The molecule has 0 bridgehead atoms. The highest BCUT2D eigenvalue weighted by molar-refractivity contribution is 5.46. The quantitative estimate of drug-likeness (QED) is 0.438. The summed E-state index contributed by atoms with van der Waals surface area (Å²) in [6.07, 6.45) is 0.680. The number of hydrogen-bond acceptors (Lipinski definition) is 3. The van der Waals surface area contributed by atoms with Crippen molar-refractivity contribution in [3.63, 3.8) is 0 Å². The molecule has 2 N–H and O–H groups in total. The second-order valence-corrected chi connectivity index (χ2v) is 1.56. The summed E-state index contributed by atoms with van der Waals surface area (Å²) in [5, 5.41) is 5.42. The maximum Gasteiger partial charge on any atom is 0.208 e. The molecule has 0 aliphatic carbocycles. The van der Waals surface area contributed by atoms with Gasteiger partial charge in [-0.25, -0.2) is 0 Å². The van der Waals surface area contributed by atoms with Crippen LogP contribution >= 0.6 is 0 Å². The molecule has 0 spiro atoms. The average Bonchev–Trinajstić information content (AvgIpc) is 2.19. The lowest BCUT2D eigenvalue weighted by atomic mass is 10.6. The molecule has 1 atom stereocenters. The van der Waals surface area contributed by atoms with E-state index in [2.05, 4.69) is 10.6 Å². The van der Waals surface area contributed by atoms with Crippen molar-refractivity contribution >= 4 is 6.41 Å². The Hall–Kier alpha value is -0.610. The second-order valence-electron chi connectivity index (χ2n) is 1.56. The van der Waals surface area contributed by atoms with E-state index in [1.165, 1.54) is 0 Å². The summed E-state index contributed by atoms with van der Waals surface area (Å²) in [5.41, 5.74) is 0. The molecule has 0 saturated carbocycles. The first-order chi connectivity index (χ1) is 3.93. The van der Waals surface area contributed by atoms with Crippen LogP contribution in [0.25, 0.3) is 0 Å². The van der Waals surface area contributed by atoms with Crippen molar-refractivity contribution in [1.29, 1.82) is 0 Å². The minimum absolute atomic E-state index is 0.0208. The van der Waals surface area contributed by atoms with Gasteiger partial charge >= 0.3 is 0 Å². The van der Waals surface area contributed by atoms with Crippen LogP contribution in [0.1, 0.15) is 0 Å². The van der Waals surface area contributed by atoms with Gasteiger partial charge in [0.15, 0.2) is 0 Å². The van der Waals surface area contributed by atoms with Gasteiger partial charge in [0.1, 0.15) is 6.17 Å². The van der Waals surface area contributed by atoms with Crippen LogP contribution in [0.2, 0.25) is 0 Å². The van der Waals surface area contributed by atoms with Gasteiger partial charge < -0.3 is 10.1 Å². The van der Waals surface area contributed by atoms with E-state index in [0.717, 1.165) is 0 Å². The van der Waals surface area contributed by atoms with E-state index in [9.17, 15) is 4.79 Å². The monoisotopic (exact) mass is 116 g/mol. The summed E-state index contributed by atoms with van der Waals surface area (Å²) in [7, 11) is 0. The minimum Gasteiger partial charge on any atom is -0.363 e. The van der Waals surface area contributed by atoms with Gasteiger partial charge in [0.25, 0.3) is 0 Å². The Morgan fingerprint density at radius 3 is 3.25 bits per heavy atom. The van der Waals surface area contributed by atoms with Gasteiger partial charge in [-0.05, 0) is 0 Å². The maximum absolute atomic E-state index is 9.75. The van der Waals surface area contributed by atoms with Crippen LogP contribution < -0.4 is 10.6 Å². The van der Waals surface area contributed by atoms with Crippen molar-refractivity contribution in [3.05, 3.63) is 0 Å². The lowest BCUT2D eigenvalue weighted by Gasteiger charge is -2.02. The molecule has 1 unspecified atom stereocenters. The van der Waals surface area contributed by atoms with E-state index < -0.39 is 0 Å². The molecule has 0 aromatic rings. The fourth-order valence-corrected chi connectivity index (χ4v) is 0.584. The Morgan fingerprint density at radius 1 is 1.88 bits per heavy atom. The van der Waals surface area contributed by atoms with E-state index >= 15 is 0 Å². The first kappa shape index (κ1) is 5.53. The van der Waals surface area contributed by atoms with Gasteiger partial charge in [-0.3, -0.25) is 10.1 Å².